The molecule has 2 rings (SSSR count). The van der Waals surface area contributed by atoms with Crippen LogP contribution in [0.5, 0.6) is 0 Å². The van der Waals surface area contributed by atoms with Crippen LogP contribution in [0.2, 0.25) is 0 Å². The van der Waals surface area contributed by atoms with Gasteiger partial charge in [-0.3, -0.25) is 4.90 Å². The topological polar surface area (TPSA) is 29.5 Å². The number of fused-ring (bicyclic) bond motifs is 1. The van der Waals surface area contributed by atoms with Gasteiger partial charge in [0.15, 0.2) is 0 Å². The van der Waals surface area contributed by atoms with Crippen molar-refractivity contribution in [2.75, 3.05) is 6.54 Å². The average Bonchev–Trinajstić information content (AvgIpc) is 2.26. The van der Waals surface area contributed by atoms with Gasteiger partial charge in [0, 0.05) is 6.54 Å². The molecule has 0 radical (unpaired) electrons. The third kappa shape index (κ3) is 2.75. The highest BCUT2D eigenvalue weighted by atomic mass is 16.6. The second-order valence-electron chi connectivity index (χ2n) is 6.60. The highest BCUT2D eigenvalue weighted by Gasteiger charge is 2.39. The molecule has 0 bridgehead atoms. The summed E-state index contributed by atoms with van der Waals surface area (Å²) < 4.78 is 5.51. The highest BCUT2D eigenvalue weighted by molar-refractivity contribution is 5.70. The van der Waals surface area contributed by atoms with Crippen LogP contribution >= 0.6 is 0 Å². The number of hydrogen-bond acceptors (Lipinski definition) is 2. The van der Waals surface area contributed by atoms with Crippen molar-refractivity contribution in [3.05, 3.63) is 35.4 Å². The van der Waals surface area contributed by atoms with E-state index in [-0.39, 0.29) is 11.6 Å². The van der Waals surface area contributed by atoms with Crippen LogP contribution in [0.15, 0.2) is 24.3 Å². The van der Waals surface area contributed by atoms with Gasteiger partial charge in [0.1, 0.15) is 5.60 Å². The molecule has 1 aromatic carbocycles. The Morgan fingerprint density at radius 1 is 1.26 bits per heavy atom. The van der Waals surface area contributed by atoms with Gasteiger partial charge in [0.05, 0.1) is 5.54 Å². The number of nitrogens with zero attached hydrogens (tertiary/aromatic N) is 1. The first-order valence-corrected chi connectivity index (χ1v) is 6.81. The first-order valence-electron chi connectivity index (χ1n) is 6.81. The Balaban J connectivity index is 2.29. The van der Waals surface area contributed by atoms with E-state index in [0.717, 1.165) is 6.42 Å². The lowest BCUT2D eigenvalue weighted by molar-refractivity contribution is -0.000305. The molecule has 1 aliphatic heterocycles. The molecule has 1 aliphatic rings. The van der Waals surface area contributed by atoms with E-state index in [1.807, 2.05) is 31.7 Å². The lowest BCUT2D eigenvalue weighted by Crippen LogP contribution is -2.51. The number of carbonyl (C=O) groups is 1. The molecule has 0 aliphatic carbocycles. The fourth-order valence-corrected chi connectivity index (χ4v) is 2.63. The van der Waals surface area contributed by atoms with Crippen LogP contribution in [0.1, 0.15) is 45.7 Å². The minimum absolute atomic E-state index is 0.230. The lowest BCUT2D eigenvalue weighted by atomic mass is 9.84. The molecule has 0 saturated heterocycles. The largest absolute Gasteiger partial charge is 0.444 e. The maximum Gasteiger partial charge on any atom is 0.411 e. The molecule has 104 valence electrons. The van der Waals surface area contributed by atoms with Crippen molar-refractivity contribution in [3.63, 3.8) is 0 Å². The standard InChI is InChI=1S/C16H23NO2/c1-15(2,3)19-14(18)17-11-10-12-8-6-7-9-13(12)16(17,4)5/h6-9H,10-11H2,1-5H3. The maximum absolute atomic E-state index is 12.3. The Kier molecular flexibility index (Phi) is 3.33. The molecule has 0 atom stereocenters. The number of hydrogen-bond donors (Lipinski definition) is 0. The first-order chi connectivity index (χ1) is 8.72. The Labute approximate surface area is 115 Å². The molecule has 0 N–H and O–H groups in total. The van der Waals surface area contributed by atoms with E-state index >= 15 is 0 Å². The summed E-state index contributed by atoms with van der Waals surface area (Å²) in [5.74, 6) is 0. The predicted molar refractivity (Wildman–Crippen MR) is 76.1 cm³/mol. The third-order valence-electron chi connectivity index (χ3n) is 3.57. The van der Waals surface area contributed by atoms with Crippen molar-refractivity contribution in [3.8, 4) is 0 Å². The van der Waals surface area contributed by atoms with Gasteiger partial charge in [-0.15, -0.1) is 0 Å². The molecular formula is C16H23NO2. The van der Waals surface area contributed by atoms with E-state index < -0.39 is 5.60 Å². The van der Waals surface area contributed by atoms with E-state index in [1.165, 1.54) is 11.1 Å². The third-order valence-corrected chi connectivity index (χ3v) is 3.57. The van der Waals surface area contributed by atoms with Crippen molar-refractivity contribution in [1.82, 2.24) is 4.90 Å². The molecule has 3 heteroatoms. The SMILES string of the molecule is CC(C)(C)OC(=O)N1CCc2ccccc2C1(C)C. The van der Waals surface area contributed by atoms with Crippen LogP contribution in [-0.4, -0.2) is 23.1 Å². The van der Waals surface area contributed by atoms with Gasteiger partial charge in [-0.25, -0.2) is 4.79 Å². The molecule has 0 aromatic heterocycles. The monoisotopic (exact) mass is 261 g/mol. The Morgan fingerprint density at radius 2 is 1.89 bits per heavy atom. The van der Waals surface area contributed by atoms with Gasteiger partial charge in [-0.2, -0.15) is 0 Å². The van der Waals surface area contributed by atoms with E-state index in [4.69, 9.17) is 4.74 Å². The minimum Gasteiger partial charge on any atom is -0.444 e. The van der Waals surface area contributed by atoms with Crippen LogP contribution in [0.25, 0.3) is 0 Å². The van der Waals surface area contributed by atoms with Gasteiger partial charge in [0.2, 0.25) is 0 Å². The van der Waals surface area contributed by atoms with Gasteiger partial charge < -0.3 is 4.74 Å². The molecule has 0 unspecified atom stereocenters. The first kappa shape index (κ1) is 13.9. The van der Waals surface area contributed by atoms with Crippen LogP contribution in [-0.2, 0) is 16.7 Å². The zero-order valence-electron chi connectivity index (χ0n) is 12.5. The molecule has 1 amide bonds. The van der Waals surface area contributed by atoms with Crippen LogP contribution in [0.4, 0.5) is 4.79 Å². The van der Waals surface area contributed by atoms with Crippen molar-refractivity contribution >= 4 is 6.09 Å². The van der Waals surface area contributed by atoms with E-state index in [0.29, 0.717) is 6.54 Å². The van der Waals surface area contributed by atoms with Crippen LogP contribution in [0.3, 0.4) is 0 Å². The summed E-state index contributed by atoms with van der Waals surface area (Å²) in [6.45, 7) is 10.6. The molecule has 1 aromatic rings. The fourth-order valence-electron chi connectivity index (χ4n) is 2.63. The molecule has 0 fully saturated rings. The molecule has 0 spiro atoms. The summed E-state index contributed by atoms with van der Waals surface area (Å²) in [6.07, 6.45) is 0.658. The Bertz CT molecular complexity index is 486. The van der Waals surface area contributed by atoms with E-state index in [2.05, 4.69) is 32.0 Å². The molecule has 3 nitrogen and oxygen atoms in total. The second kappa shape index (κ2) is 4.55. The summed E-state index contributed by atoms with van der Waals surface area (Å²) >= 11 is 0. The Morgan fingerprint density at radius 3 is 2.53 bits per heavy atom. The van der Waals surface area contributed by atoms with Gasteiger partial charge in [-0.1, -0.05) is 24.3 Å². The maximum atomic E-state index is 12.3. The number of carbonyl (C=O) groups excluding carboxylic acids is 1. The van der Waals surface area contributed by atoms with Crippen molar-refractivity contribution in [2.24, 2.45) is 0 Å². The van der Waals surface area contributed by atoms with Crippen LogP contribution < -0.4 is 0 Å². The molecule has 19 heavy (non-hydrogen) atoms. The summed E-state index contributed by atoms with van der Waals surface area (Å²) in [7, 11) is 0. The summed E-state index contributed by atoms with van der Waals surface area (Å²) in [5.41, 5.74) is 1.76. The van der Waals surface area contributed by atoms with Crippen LogP contribution in [0, 0.1) is 0 Å². The predicted octanol–water partition coefficient (Wildman–Crippen LogP) is 3.71. The summed E-state index contributed by atoms with van der Waals surface area (Å²) in [5, 5.41) is 0. The normalized spacial score (nSPS) is 17.8. The van der Waals surface area contributed by atoms with Crippen molar-refractivity contribution in [1.29, 1.82) is 0 Å². The quantitative estimate of drug-likeness (QED) is 0.712. The number of ether oxygens (including phenoxy) is 1. The second-order valence-corrected chi connectivity index (χ2v) is 6.60. The lowest BCUT2D eigenvalue weighted by Gasteiger charge is -2.44. The van der Waals surface area contributed by atoms with Crippen molar-refractivity contribution < 1.29 is 9.53 Å². The van der Waals surface area contributed by atoms with E-state index in [1.54, 1.807) is 0 Å². The average molecular weight is 261 g/mol. The van der Waals surface area contributed by atoms with Gasteiger partial charge in [0.25, 0.3) is 0 Å². The Hall–Kier alpha value is -1.51. The van der Waals surface area contributed by atoms with E-state index in [9.17, 15) is 4.79 Å². The highest BCUT2D eigenvalue weighted by Crippen LogP contribution is 2.35. The molecular weight excluding hydrogens is 238 g/mol. The smallest absolute Gasteiger partial charge is 0.411 e. The van der Waals surface area contributed by atoms with Gasteiger partial charge in [-0.05, 0) is 52.2 Å². The summed E-state index contributed by atoms with van der Waals surface area (Å²) in [4.78, 5) is 14.2. The zero-order valence-corrected chi connectivity index (χ0v) is 12.5. The summed E-state index contributed by atoms with van der Waals surface area (Å²) in [6, 6.07) is 8.33. The zero-order chi connectivity index (χ0) is 14.3. The minimum atomic E-state index is -0.454. The molecule has 0 saturated carbocycles. The number of benzene rings is 1. The fraction of sp³-hybridized carbons (Fsp3) is 0.562. The van der Waals surface area contributed by atoms with Gasteiger partial charge >= 0.3 is 6.09 Å². The number of rotatable bonds is 0. The van der Waals surface area contributed by atoms with Crippen molar-refractivity contribution in [2.45, 2.75) is 52.2 Å². The molecule has 1 heterocycles. The number of amides is 1.